The van der Waals surface area contributed by atoms with Crippen LogP contribution in [0.4, 0.5) is 0 Å². The van der Waals surface area contributed by atoms with Crippen molar-refractivity contribution in [1.82, 2.24) is 0 Å². The summed E-state index contributed by atoms with van der Waals surface area (Å²) in [7, 11) is 0. The minimum absolute atomic E-state index is 0. The van der Waals surface area contributed by atoms with E-state index in [4.69, 9.17) is 15.3 Å². The Labute approximate surface area is 115 Å². The third-order valence-corrected chi connectivity index (χ3v) is 1.93. The molecule has 10 heteroatoms. The van der Waals surface area contributed by atoms with Crippen molar-refractivity contribution in [3.8, 4) is 0 Å². The Morgan fingerprint density at radius 3 is 2.62 bits per heavy atom. The molecule has 86 valence electrons. The first-order valence-electron chi connectivity index (χ1n) is 3.68. The van der Waals surface area contributed by atoms with Crippen LogP contribution in [-0.4, -0.2) is 48.9 Å². The average molecular weight is 262 g/mol. The molecule has 0 bridgehead atoms. The zero-order valence-electron chi connectivity index (χ0n) is 8.15. The molecular weight excluding hydrogens is 255 g/mol. The van der Waals surface area contributed by atoms with Crippen molar-refractivity contribution in [2.45, 2.75) is 12.2 Å². The fourth-order valence-electron chi connectivity index (χ4n) is 0.969. The minimum atomic E-state index is -3.02. The van der Waals surface area contributed by atoms with E-state index in [1.54, 1.807) is 0 Å². The normalized spacial score (nSPS) is 23.4. The van der Waals surface area contributed by atoms with Gasteiger partial charge < -0.3 is 28.8 Å². The average Bonchev–Trinajstić information content (AvgIpc) is 2.44. The van der Waals surface area contributed by atoms with Gasteiger partial charge in [0.2, 0.25) is 11.5 Å². The quantitative estimate of drug-likeness (QED) is 0.260. The van der Waals surface area contributed by atoms with Gasteiger partial charge in [0.25, 0.3) is 0 Å². The molecule has 0 aliphatic carbocycles. The molecule has 0 amide bonds. The van der Waals surface area contributed by atoms with E-state index in [9.17, 15) is 13.6 Å². The van der Waals surface area contributed by atoms with Crippen LogP contribution >= 0.6 is 0 Å². The number of ether oxygens (including phenoxy) is 1. The molecule has 0 aromatic rings. The number of carbonyl (C=O) groups is 1. The van der Waals surface area contributed by atoms with E-state index >= 15 is 0 Å². The van der Waals surface area contributed by atoms with E-state index in [1.165, 1.54) is 0 Å². The van der Waals surface area contributed by atoms with E-state index in [-0.39, 0.29) is 29.6 Å². The second-order valence-electron chi connectivity index (χ2n) is 2.58. The van der Waals surface area contributed by atoms with Gasteiger partial charge in [-0.05, 0) is 0 Å². The summed E-state index contributed by atoms with van der Waals surface area (Å²) in [6, 6.07) is 0. The number of rotatable bonds is 4. The third-order valence-electron chi connectivity index (χ3n) is 1.61. The Hall–Kier alpha value is -0.160. The minimum Gasteiger partial charge on any atom is -0.740 e. The van der Waals surface area contributed by atoms with Crippen molar-refractivity contribution in [2.24, 2.45) is 0 Å². The Morgan fingerprint density at radius 1 is 1.62 bits per heavy atom. The molecule has 1 aliphatic heterocycles. The Kier molecular flexibility index (Phi) is 6.48. The standard InChI is InChI=1S/C6H8O8S.Na/c7-1-2(8)4-5(14-15(11)12)3(9)6(10)13-4;/h2,4,7-9H,1H2,(H,11,12);/q;+1/p-1/t2-,4+;/m0./s1. The van der Waals surface area contributed by atoms with Crippen LogP contribution in [0.5, 0.6) is 0 Å². The van der Waals surface area contributed by atoms with Crippen LogP contribution in [0.2, 0.25) is 0 Å². The Bertz CT molecular complexity index is 328. The number of aliphatic hydroxyl groups is 3. The fourth-order valence-corrected chi connectivity index (χ4v) is 1.29. The second kappa shape index (κ2) is 6.55. The first-order valence-corrected chi connectivity index (χ1v) is 4.68. The van der Waals surface area contributed by atoms with Gasteiger partial charge in [-0.3, -0.25) is 0 Å². The van der Waals surface area contributed by atoms with Crippen molar-refractivity contribution in [2.75, 3.05) is 6.61 Å². The van der Waals surface area contributed by atoms with Crippen LogP contribution in [0, 0.1) is 0 Å². The molecule has 8 nitrogen and oxygen atoms in total. The van der Waals surface area contributed by atoms with E-state index in [2.05, 4.69) is 8.92 Å². The van der Waals surface area contributed by atoms with E-state index < -0.39 is 47.7 Å². The summed E-state index contributed by atoms with van der Waals surface area (Å²) < 4.78 is 28.8. The van der Waals surface area contributed by atoms with Gasteiger partial charge in [0, 0.05) is 0 Å². The van der Waals surface area contributed by atoms with E-state index in [0.29, 0.717) is 0 Å². The molecule has 0 aromatic heterocycles. The topological polar surface area (TPSA) is 136 Å². The molecule has 1 aliphatic rings. The zero-order chi connectivity index (χ0) is 11.6. The second-order valence-corrected chi connectivity index (χ2v) is 3.15. The van der Waals surface area contributed by atoms with Crippen LogP contribution in [0.1, 0.15) is 0 Å². The van der Waals surface area contributed by atoms with Crippen molar-refractivity contribution >= 4 is 17.3 Å². The fraction of sp³-hybridized carbons (Fsp3) is 0.500. The predicted octanol–water partition coefficient (Wildman–Crippen LogP) is -5.15. The molecule has 0 saturated heterocycles. The SMILES string of the molecule is O=C1O[C@H]([C@@H](O)CO)C(OS(=O)[O-])=C1O.[Na+]. The maximum absolute atomic E-state index is 10.8. The van der Waals surface area contributed by atoms with Gasteiger partial charge in [-0.1, -0.05) is 0 Å². The van der Waals surface area contributed by atoms with Crippen LogP contribution in [-0.2, 0) is 25.1 Å². The van der Waals surface area contributed by atoms with Gasteiger partial charge in [0.05, 0.1) is 6.61 Å². The molecule has 0 fully saturated rings. The van der Waals surface area contributed by atoms with Crippen molar-refractivity contribution in [3.05, 3.63) is 11.5 Å². The Morgan fingerprint density at radius 2 is 2.19 bits per heavy atom. The molecule has 3 atom stereocenters. The van der Waals surface area contributed by atoms with Gasteiger partial charge in [-0.2, -0.15) is 0 Å². The van der Waals surface area contributed by atoms with Gasteiger partial charge in [0.15, 0.2) is 6.10 Å². The summed E-state index contributed by atoms with van der Waals surface area (Å²) in [5, 5.41) is 26.7. The number of aliphatic hydroxyl groups excluding tert-OH is 3. The summed E-state index contributed by atoms with van der Waals surface area (Å²) in [6.07, 6.45) is -3.10. The molecular formula is C6H7NaO8S. The molecule has 0 spiro atoms. The summed E-state index contributed by atoms with van der Waals surface area (Å²) in [5.74, 6) is -3.01. The van der Waals surface area contributed by atoms with Crippen molar-refractivity contribution < 1.29 is 67.4 Å². The van der Waals surface area contributed by atoms with Crippen molar-refractivity contribution in [3.63, 3.8) is 0 Å². The van der Waals surface area contributed by atoms with Gasteiger partial charge in [-0.25, -0.2) is 9.00 Å². The molecule has 3 N–H and O–H groups in total. The molecule has 0 saturated carbocycles. The molecule has 0 aromatic carbocycles. The summed E-state index contributed by atoms with van der Waals surface area (Å²) in [5.41, 5.74) is 0. The Balaban J connectivity index is 0.00000225. The summed E-state index contributed by atoms with van der Waals surface area (Å²) in [4.78, 5) is 10.8. The van der Waals surface area contributed by atoms with Crippen molar-refractivity contribution in [1.29, 1.82) is 0 Å². The predicted molar refractivity (Wildman–Crippen MR) is 42.6 cm³/mol. The van der Waals surface area contributed by atoms with E-state index in [1.807, 2.05) is 0 Å². The maximum atomic E-state index is 10.8. The number of hydrogen-bond acceptors (Lipinski definition) is 8. The number of hydrogen-bond donors (Lipinski definition) is 3. The van der Waals surface area contributed by atoms with Crippen LogP contribution in [0.15, 0.2) is 11.5 Å². The number of cyclic esters (lactones) is 1. The summed E-state index contributed by atoms with van der Waals surface area (Å²) in [6.45, 7) is -0.788. The number of carbonyl (C=O) groups excluding carboxylic acids is 1. The molecule has 16 heavy (non-hydrogen) atoms. The third kappa shape index (κ3) is 3.42. The molecule has 1 rings (SSSR count). The van der Waals surface area contributed by atoms with Crippen LogP contribution < -0.4 is 29.6 Å². The number of esters is 1. The van der Waals surface area contributed by atoms with Gasteiger partial charge in [-0.15, -0.1) is 0 Å². The van der Waals surface area contributed by atoms with Crippen LogP contribution in [0.25, 0.3) is 0 Å². The first kappa shape index (κ1) is 15.8. The first-order chi connectivity index (χ1) is 6.97. The maximum Gasteiger partial charge on any atom is 1.00 e. The molecule has 0 radical (unpaired) electrons. The van der Waals surface area contributed by atoms with Crippen LogP contribution in [0.3, 0.4) is 0 Å². The van der Waals surface area contributed by atoms with E-state index in [0.717, 1.165) is 0 Å². The van der Waals surface area contributed by atoms with Gasteiger partial charge >= 0.3 is 35.5 Å². The molecule has 1 unspecified atom stereocenters. The largest absolute Gasteiger partial charge is 1.00 e. The monoisotopic (exact) mass is 262 g/mol. The van der Waals surface area contributed by atoms with Gasteiger partial charge in [0.1, 0.15) is 17.5 Å². The smallest absolute Gasteiger partial charge is 0.740 e. The molecule has 1 heterocycles. The summed E-state index contributed by atoms with van der Waals surface area (Å²) >= 11 is -3.02. The zero-order valence-corrected chi connectivity index (χ0v) is 11.0.